The molecule has 3 atom stereocenters. The molecule has 2 fully saturated rings. The number of fused-ring (bicyclic) bond motifs is 2. The minimum Gasteiger partial charge on any atom is -0.390 e. The van der Waals surface area contributed by atoms with Crippen molar-refractivity contribution < 1.29 is 13.5 Å². The smallest absolute Gasteiger partial charge is 0.241 e. The number of rotatable bonds is 6. The molecule has 2 unspecified atom stereocenters. The van der Waals surface area contributed by atoms with Crippen molar-refractivity contribution in [1.29, 1.82) is 0 Å². The van der Waals surface area contributed by atoms with Crippen molar-refractivity contribution in [3.05, 3.63) is 42.5 Å². The maximum Gasteiger partial charge on any atom is 0.241 e. The van der Waals surface area contributed by atoms with Crippen molar-refractivity contribution in [3.63, 3.8) is 0 Å². The van der Waals surface area contributed by atoms with Gasteiger partial charge in [0.2, 0.25) is 10.0 Å². The SMILES string of the molecule is CC12CCCCC1CCN(C[C@@H](O)CNS(=O)(=O)c1cccc3ccccc13)C2. The predicted molar refractivity (Wildman–Crippen MR) is 116 cm³/mol. The average molecular weight is 417 g/mol. The fourth-order valence-electron chi connectivity index (χ4n) is 5.33. The number of aliphatic hydroxyl groups excluding tert-OH is 1. The fraction of sp³-hybridized carbons (Fsp3) is 0.565. The van der Waals surface area contributed by atoms with E-state index in [0.717, 1.165) is 24.4 Å². The van der Waals surface area contributed by atoms with Gasteiger partial charge >= 0.3 is 0 Å². The molecule has 2 aromatic rings. The molecule has 2 N–H and O–H groups in total. The molecule has 1 aliphatic carbocycles. The van der Waals surface area contributed by atoms with Gasteiger partial charge in [-0.05, 0) is 48.6 Å². The van der Waals surface area contributed by atoms with Crippen LogP contribution in [0.3, 0.4) is 0 Å². The first-order chi connectivity index (χ1) is 13.9. The molecule has 0 aromatic heterocycles. The van der Waals surface area contributed by atoms with E-state index in [-0.39, 0.29) is 11.4 Å². The summed E-state index contributed by atoms with van der Waals surface area (Å²) >= 11 is 0. The predicted octanol–water partition coefficient (Wildman–Crippen LogP) is 3.38. The molecule has 1 aliphatic heterocycles. The molecule has 158 valence electrons. The summed E-state index contributed by atoms with van der Waals surface area (Å²) in [5.74, 6) is 0.800. The zero-order valence-electron chi connectivity index (χ0n) is 17.2. The van der Waals surface area contributed by atoms with E-state index in [1.165, 1.54) is 32.1 Å². The molecule has 4 rings (SSSR count). The Morgan fingerprint density at radius 2 is 1.97 bits per heavy atom. The summed E-state index contributed by atoms with van der Waals surface area (Å²) < 4.78 is 28.3. The molecule has 1 heterocycles. The molecule has 1 saturated carbocycles. The van der Waals surface area contributed by atoms with E-state index in [1.807, 2.05) is 30.3 Å². The molecular formula is C23H32N2O3S. The van der Waals surface area contributed by atoms with Crippen LogP contribution in [0.5, 0.6) is 0 Å². The monoisotopic (exact) mass is 416 g/mol. The number of aliphatic hydroxyl groups is 1. The fourth-order valence-corrected chi connectivity index (χ4v) is 6.63. The number of likely N-dealkylation sites (tertiary alicyclic amines) is 1. The zero-order chi connectivity index (χ0) is 20.5. The minimum atomic E-state index is -3.68. The third kappa shape index (κ3) is 4.50. The van der Waals surface area contributed by atoms with Crippen molar-refractivity contribution in [2.24, 2.45) is 11.3 Å². The van der Waals surface area contributed by atoms with Crippen LogP contribution in [-0.2, 0) is 10.0 Å². The molecule has 0 bridgehead atoms. The zero-order valence-corrected chi connectivity index (χ0v) is 18.0. The Labute approximate surface area is 174 Å². The quantitative estimate of drug-likeness (QED) is 0.757. The number of hydrogen-bond donors (Lipinski definition) is 2. The first kappa shape index (κ1) is 20.8. The summed E-state index contributed by atoms with van der Waals surface area (Å²) in [6.45, 7) is 4.93. The molecule has 1 saturated heterocycles. The Kier molecular flexibility index (Phi) is 5.98. The average Bonchev–Trinajstić information content (AvgIpc) is 2.71. The first-order valence-electron chi connectivity index (χ1n) is 10.8. The Morgan fingerprint density at radius 3 is 2.83 bits per heavy atom. The number of nitrogens with zero attached hydrogens (tertiary/aromatic N) is 1. The van der Waals surface area contributed by atoms with Crippen LogP contribution in [0.2, 0.25) is 0 Å². The Balaban J connectivity index is 1.37. The summed E-state index contributed by atoms with van der Waals surface area (Å²) in [4.78, 5) is 2.58. The number of β-amino-alcohol motifs (C(OH)–C–C–N with tert-alkyl or cyclic N) is 1. The van der Waals surface area contributed by atoms with Gasteiger partial charge in [-0.15, -0.1) is 0 Å². The van der Waals surface area contributed by atoms with Gasteiger partial charge in [-0.1, -0.05) is 56.2 Å². The maximum absolute atomic E-state index is 12.8. The van der Waals surface area contributed by atoms with Gasteiger partial charge in [-0.25, -0.2) is 13.1 Å². The molecule has 0 spiro atoms. The highest BCUT2D eigenvalue weighted by molar-refractivity contribution is 7.89. The number of sulfonamides is 1. The number of hydrogen-bond acceptors (Lipinski definition) is 4. The van der Waals surface area contributed by atoms with Crippen LogP contribution in [0.4, 0.5) is 0 Å². The highest BCUT2D eigenvalue weighted by atomic mass is 32.2. The molecular weight excluding hydrogens is 384 g/mol. The lowest BCUT2D eigenvalue weighted by Gasteiger charge is -2.49. The number of benzene rings is 2. The largest absolute Gasteiger partial charge is 0.390 e. The van der Waals surface area contributed by atoms with Gasteiger partial charge in [0, 0.05) is 25.0 Å². The van der Waals surface area contributed by atoms with Crippen LogP contribution in [-0.4, -0.2) is 50.7 Å². The molecule has 0 radical (unpaired) electrons. The normalized spacial score (nSPS) is 26.9. The van der Waals surface area contributed by atoms with Crippen LogP contribution in [0.15, 0.2) is 47.4 Å². The lowest BCUT2D eigenvalue weighted by atomic mass is 9.64. The second-order valence-corrected chi connectivity index (χ2v) is 10.8. The van der Waals surface area contributed by atoms with Gasteiger partial charge in [0.1, 0.15) is 0 Å². The van der Waals surface area contributed by atoms with E-state index in [9.17, 15) is 13.5 Å². The standard InChI is InChI=1S/C23H32N2O3S/c1-23-13-5-4-9-19(23)12-14-25(17-23)16-20(26)15-24-29(27,28)22-11-6-8-18-7-2-3-10-21(18)22/h2-3,6-8,10-11,19-20,24,26H,4-5,9,12-17H2,1H3/t19?,20-,23?/m0/s1. The summed E-state index contributed by atoms with van der Waals surface area (Å²) in [5, 5.41) is 12.1. The molecule has 29 heavy (non-hydrogen) atoms. The van der Waals surface area contributed by atoms with Crippen LogP contribution in [0, 0.1) is 11.3 Å². The molecule has 2 aromatic carbocycles. The lowest BCUT2D eigenvalue weighted by molar-refractivity contribution is -0.00940. The summed E-state index contributed by atoms with van der Waals surface area (Å²) in [7, 11) is -3.68. The minimum absolute atomic E-state index is 0.0300. The number of piperidine rings is 1. The Morgan fingerprint density at radius 1 is 1.17 bits per heavy atom. The van der Waals surface area contributed by atoms with Gasteiger partial charge in [0.25, 0.3) is 0 Å². The molecule has 2 aliphatic rings. The van der Waals surface area contributed by atoms with Gasteiger partial charge in [0.05, 0.1) is 11.0 Å². The van der Waals surface area contributed by atoms with Gasteiger partial charge in [-0.3, -0.25) is 0 Å². The Hall–Kier alpha value is -1.47. The maximum atomic E-state index is 12.8. The van der Waals surface area contributed by atoms with Crippen molar-refractivity contribution in [2.75, 3.05) is 26.2 Å². The van der Waals surface area contributed by atoms with Crippen LogP contribution < -0.4 is 4.72 Å². The van der Waals surface area contributed by atoms with Crippen LogP contribution in [0.25, 0.3) is 10.8 Å². The second-order valence-electron chi connectivity index (χ2n) is 9.10. The number of nitrogens with one attached hydrogen (secondary N) is 1. The second kappa shape index (κ2) is 8.34. The van der Waals surface area contributed by atoms with E-state index in [2.05, 4.69) is 16.5 Å². The lowest BCUT2D eigenvalue weighted by Crippen LogP contribution is -2.51. The third-order valence-electron chi connectivity index (χ3n) is 6.93. The summed E-state index contributed by atoms with van der Waals surface area (Å²) in [5.41, 5.74) is 0.346. The highest BCUT2D eigenvalue weighted by Gasteiger charge is 2.41. The molecule has 0 amide bonds. The molecule has 5 nitrogen and oxygen atoms in total. The van der Waals surface area contributed by atoms with Crippen LogP contribution in [0.1, 0.15) is 39.0 Å². The van der Waals surface area contributed by atoms with E-state index >= 15 is 0 Å². The summed E-state index contributed by atoms with van der Waals surface area (Å²) in [6.07, 6.45) is 5.71. The van der Waals surface area contributed by atoms with Crippen molar-refractivity contribution in [1.82, 2.24) is 9.62 Å². The van der Waals surface area contributed by atoms with Gasteiger partial charge in [0.15, 0.2) is 0 Å². The van der Waals surface area contributed by atoms with E-state index < -0.39 is 16.1 Å². The first-order valence-corrected chi connectivity index (χ1v) is 12.2. The van der Waals surface area contributed by atoms with E-state index in [0.29, 0.717) is 17.3 Å². The van der Waals surface area contributed by atoms with Crippen LogP contribution >= 0.6 is 0 Å². The third-order valence-corrected chi connectivity index (χ3v) is 8.41. The van der Waals surface area contributed by atoms with Crippen molar-refractivity contribution in [2.45, 2.75) is 50.0 Å². The van der Waals surface area contributed by atoms with Gasteiger partial charge in [-0.2, -0.15) is 0 Å². The Bertz CT molecular complexity index is 956. The molecule has 6 heteroatoms. The van der Waals surface area contributed by atoms with E-state index in [4.69, 9.17) is 0 Å². The van der Waals surface area contributed by atoms with Crippen molar-refractivity contribution in [3.8, 4) is 0 Å². The van der Waals surface area contributed by atoms with E-state index in [1.54, 1.807) is 12.1 Å². The highest BCUT2D eigenvalue weighted by Crippen LogP contribution is 2.45. The van der Waals surface area contributed by atoms with Gasteiger partial charge < -0.3 is 10.0 Å². The topological polar surface area (TPSA) is 69.6 Å². The van der Waals surface area contributed by atoms with Crippen molar-refractivity contribution >= 4 is 20.8 Å². The summed E-state index contributed by atoms with van der Waals surface area (Å²) in [6, 6.07) is 12.7.